The van der Waals surface area contributed by atoms with Crippen LogP contribution in [0.2, 0.25) is 0 Å². The lowest BCUT2D eigenvalue weighted by Crippen LogP contribution is -2.44. The van der Waals surface area contributed by atoms with E-state index in [9.17, 15) is 14.7 Å². The van der Waals surface area contributed by atoms with E-state index in [2.05, 4.69) is 28.5 Å². The Labute approximate surface area is 255 Å². The van der Waals surface area contributed by atoms with Gasteiger partial charge in [0.15, 0.2) is 0 Å². The fraction of sp³-hybridized carbons (Fsp3) is 0.344. The summed E-state index contributed by atoms with van der Waals surface area (Å²) in [7, 11) is 0. The maximum Gasteiger partial charge on any atom is 0.410 e. The van der Waals surface area contributed by atoms with Crippen LogP contribution < -0.4 is 31.7 Å². The average Bonchev–Trinajstić information content (AvgIpc) is 3.33. The molecule has 43 heavy (non-hydrogen) atoms. The number of ether oxygens (including phenoxy) is 1. The molecule has 1 aliphatic rings. The van der Waals surface area contributed by atoms with Crippen molar-refractivity contribution in [2.45, 2.75) is 51.3 Å². The van der Waals surface area contributed by atoms with Crippen molar-refractivity contribution in [3.8, 4) is 5.06 Å². The number of carbonyl (C=O) groups is 2. The second kappa shape index (κ2) is 13.9. The summed E-state index contributed by atoms with van der Waals surface area (Å²) in [5, 5.41) is 18.3. The second-order valence-corrected chi connectivity index (χ2v) is 11.7. The zero-order valence-electron chi connectivity index (χ0n) is 24.2. The molecule has 0 bridgehead atoms. The summed E-state index contributed by atoms with van der Waals surface area (Å²) in [6.07, 6.45) is 2.00. The third-order valence-corrected chi connectivity index (χ3v) is 8.70. The maximum absolute atomic E-state index is 12.5. The number of nitrogens with one attached hydrogen (secondary N) is 2. The van der Waals surface area contributed by atoms with Gasteiger partial charge >= 0.3 is 6.09 Å². The van der Waals surface area contributed by atoms with Gasteiger partial charge in [0.25, 0.3) is 5.91 Å². The van der Waals surface area contributed by atoms with Crippen LogP contribution in [0.4, 0.5) is 16.3 Å². The van der Waals surface area contributed by atoms with Crippen molar-refractivity contribution in [3.63, 3.8) is 0 Å². The first-order chi connectivity index (χ1) is 20.8. The lowest BCUT2D eigenvalue weighted by Gasteiger charge is -2.34. The topological polar surface area (TPSA) is 156 Å². The molecule has 5 rings (SSSR count). The Bertz CT molecular complexity index is 1550. The van der Waals surface area contributed by atoms with Crippen LogP contribution in [0.3, 0.4) is 0 Å². The van der Waals surface area contributed by atoms with E-state index in [1.54, 1.807) is 24.3 Å². The van der Waals surface area contributed by atoms with Crippen molar-refractivity contribution in [3.05, 3.63) is 82.9 Å². The Morgan fingerprint density at radius 3 is 2.53 bits per heavy atom. The van der Waals surface area contributed by atoms with Crippen molar-refractivity contribution in [2.24, 2.45) is 5.73 Å². The predicted molar refractivity (Wildman–Crippen MR) is 170 cm³/mol. The van der Waals surface area contributed by atoms with Crippen LogP contribution in [0.25, 0.3) is 10.2 Å². The quantitative estimate of drug-likeness (QED) is 0.168. The van der Waals surface area contributed by atoms with Gasteiger partial charge in [-0.25, -0.2) is 9.78 Å². The van der Waals surface area contributed by atoms with Gasteiger partial charge in [-0.1, -0.05) is 67.1 Å². The molecular formula is C32H38N6O4S. The highest BCUT2D eigenvalue weighted by Crippen LogP contribution is 2.42. The zero-order chi connectivity index (χ0) is 30.3. The molecule has 10 nitrogen and oxygen atoms in total. The Morgan fingerprint density at radius 1 is 1.14 bits per heavy atom. The van der Waals surface area contributed by atoms with Gasteiger partial charge in [-0.15, -0.1) is 0 Å². The Hall–Kier alpha value is -4.19. The molecule has 2 aromatic heterocycles. The molecular weight excluding hydrogens is 564 g/mol. The van der Waals surface area contributed by atoms with Crippen LogP contribution in [0, 0.1) is 0 Å². The molecule has 1 aliphatic heterocycles. The van der Waals surface area contributed by atoms with E-state index in [1.807, 2.05) is 30.3 Å². The third kappa shape index (κ3) is 7.42. The lowest BCUT2D eigenvalue weighted by molar-refractivity contribution is 0.0950. The van der Waals surface area contributed by atoms with E-state index >= 15 is 0 Å². The number of aromatic nitrogens is 1. The second-order valence-electron chi connectivity index (χ2n) is 10.8. The van der Waals surface area contributed by atoms with Gasteiger partial charge in [-0.3, -0.25) is 4.79 Å². The number of aliphatic hydroxyl groups excluding tert-OH is 1. The minimum absolute atomic E-state index is 0.146. The number of primary amides is 1. The number of nitrogen functional groups attached to an aromatic ring is 1. The van der Waals surface area contributed by atoms with E-state index in [-0.39, 0.29) is 17.0 Å². The van der Waals surface area contributed by atoms with Crippen molar-refractivity contribution in [1.29, 1.82) is 0 Å². The van der Waals surface area contributed by atoms with Gasteiger partial charge in [0.2, 0.25) is 5.06 Å². The molecule has 226 valence electrons. The number of pyridine rings is 1. The van der Waals surface area contributed by atoms with Gasteiger partial charge in [0, 0.05) is 43.2 Å². The number of aryl methyl sites for hydroxylation is 1. The molecule has 1 unspecified atom stereocenters. The van der Waals surface area contributed by atoms with Crippen molar-refractivity contribution in [1.82, 2.24) is 15.6 Å². The molecule has 0 aliphatic carbocycles. The standard InChI is InChI=1S/C32H38N6O4S/c1-2-6-23-17-26(37-30-27(23)28(33)31(43-30)42-32(34)41)38-15-13-24(14-16-38)35-19-25(39)21-9-11-22(12-10-21)29(40)36-18-20-7-4-3-5-8-20/h3-5,7-12,17,24-25,35,39H,2,6,13-16,18-19,33H2,1H3,(H2,34,41)(H,36,40). The first-order valence-electron chi connectivity index (χ1n) is 14.6. The zero-order valence-corrected chi connectivity index (χ0v) is 25.0. The summed E-state index contributed by atoms with van der Waals surface area (Å²) in [6, 6.07) is 19.2. The number of thiophene rings is 1. The highest BCUT2D eigenvalue weighted by molar-refractivity contribution is 7.21. The van der Waals surface area contributed by atoms with Gasteiger partial charge in [0.05, 0.1) is 11.8 Å². The Morgan fingerprint density at radius 2 is 1.86 bits per heavy atom. The number of rotatable bonds is 11. The molecule has 1 fully saturated rings. The number of nitrogens with two attached hydrogens (primary N) is 2. The first-order valence-corrected chi connectivity index (χ1v) is 15.4. The van der Waals surface area contributed by atoms with E-state index in [4.69, 9.17) is 21.2 Å². The summed E-state index contributed by atoms with van der Waals surface area (Å²) in [4.78, 5) is 31.7. The van der Waals surface area contributed by atoms with Crippen LogP contribution in [-0.4, -0.2) is 47.8 Å². The molecule has 2 amide bonds. The number of hydrogen-bond donors (Lipinski definition) is 5. The van der Waals surface area contributed by atoms with E-state index in [1.165, 1.54) is 11.3 Å². The summed E-state index contributed by atoms with van der Waals surface area (Å²) in [5.74, 6) is 0.737. The Balaban J connectivity index is 1.13. The minimum atomic E-state index is -0.894. The van der Waals surface area contributed by atoms with E-state index in [0.29, 0.717) is 24.3 Å². The highest BCUT2D eigenvalue weighted by atomic mass is 32.1. The summed E-state index contributed by atoms with van der Waals surface area (Å²) >= 11 is 1.24. The minimum Gasteiger partial charge on any atom is -0.397 e. The number of amides is 2. The number of aliphatic hydroxyl groups is 1. The van der Waals surface area contributed by atoms with Crippen molar-refractivity contribution in [2.75, 3.05) is 30.3 Å². The molecule has 1 atom stereocenters. The van der Waals surface area contributed by atoms with Crippen molar-refractivity contribution >= 4 is 45.1 Å². The lowest BCUT2D eigenvalue weighted by atomic mass is 10.0. The molecule has 0 saturated carbocycles. The van der Waals surface area contributed by atoms with E-state index < -0.39 is 12.2 Å². The smallest absolute Gasteiger partial charge is 0.397 e. The summed E-state index contributed by atoms with van der Waals surface area (Å²) < 4.78 is 5.11. The molecule has 11 heteroatoms. The number of benzene rings is 2. The van der Waals surface area contributed by atoms with Gasteiger partial charge < -0.3 is 36.8 Å². The van der Waals surface area contributed by atoms with Crippen LogP contribution >= 0.6 is 11.3 Å². The SMILES string of the molecule is CCCc1cc(N2CCC(NCC(O)c3ccc(C(=O)NCc4ccccc4)cc3)CC2)nc2sc(OC(N)=O)c(N)c12. The third-order valence-electron chi connectivity index (χ3n) is 7.72. The number of carbonyl (C=O) groups excluding carboxylic acids is 2. The monoisotopic (exact) mass is 602 g/mol. The van der Waals surface area contributed by atoms with Crippen LogP contribution in [0.15, 0.2) is 60.7 Å². The summed E-state index contributed by atoms with van der Waals surface area (Å²) in [5.41, 5.74) is 15.4. The molecule has 7 N–H and O–H groups in total. The predicted octanol–water partition coefficient (Wildman–Crippen LogP) is 4.51. The van der Waals surface area contributed by atoms with Crippen LogP contribution in [-0.2, 0) is 13.0 Å². The average molecular weight is 603 g/mol. The van der Waals surface area contributed by atoms with E-state index in [0.717, 1.165) is 71.5 Å². The van der Waals surface area contributed by atoms with Crippen molar-refractivity contribution < 1.29 is 19.4 Å². The number of piperidine rings is 1. The number of anilines is 2. The number of nitrogens with zero attached hydrogens (tertiary/aromatic N) is 2. The van der Waals surface area contributed by atoms with Crippen LogP contribution in [0.5, 0.6) is 5.06 Å². The molecule has 0 radical (unpaired) electrons. The molecule has 1 saturated heterocycles. The molecule has 0 spiro atoms. The largest absolute Gasteiger partial charge is 0.410 e. The number of hydrogen-bond acceptors (Lipinski definition) is 9. The maximum atomic E-state index is 12.5. The normalized spacial score (nSPS) is 14.5. The van der Waals surface area contributed by atoms with Gasteiger partial charge in [0.1, 0.15) is 10.6 Å². The fourth-order valence-electron chi connectivity index (χ4n) is 5.41. The fourth-order valence-corrected chi connectivity index (χ4v) is 6.40. The summed E-state index contributed by atoms with van der Waals surface area (Å²) in [6.45, 7) is 4.63. The number of fused-ring (bicyclic) bond motifs is 1. The highest BCUT2D eigenvalue weighted by Gasteiger charge is 2.24. The van der Waals surface area contributed by atoms with Gasteiger partial charge in [-0.2, -0.15) is 0 Å². The first kappa shape index (κ1) is 30.3. The molecule has 2 aromatic carbocycles. The Kier molecular flexibility index (Phi) is 9.75. The van der Waals surface area contributed by atoms with Crippen LogP contribution in [0.1, 0.15) is 59.3 Å². The van der Waals surface area contributed by atoms with Gasteiger partial charge in [-0.05, 0) is 54.2 Å². The molecule has 4 aromatic rings. The molecule has 3 heterocycles.